The van der Waals surface area contributed by atoms with Crippen LogP contribution in [0.3, 0.4) is 0 Å². The topological polar surface area (TPSA) is 114 Å². The van der Waals surface area contributed by atoms with Gasteiger partial charge in [0.25, 0.3) is 5.69 Å². The minimum Gasteiger partial charge on any atom is -0.341 e. The zero-order valence-corrected chi connectivity index (χ0v) is 13.4. The first-order valence-electron chi connectivity index (χ1n) is 7.40. The maximum atomic E-state index is 11.8. The van der Waals surface area contributed by atoms with Gasteiger partial charge in [-0.25, -0.2) is 5.43 Å². The zero-order valence-electron chi connectivity index (χ0n) is 13.4. The summed E-state index contributed by atoms with van der Waals surface area (Å²) in [6.45, 7) is 1.76. The van der Waals surface area contributed by atoms with E-state index in [1.807, 2.05) is 30.3 Å². The molecule has 2 N–H and O–H groups in total. The number of hydrogen-bond donors (Lipinski definition) is 2. The molecule has 0 bridgehead atoms. The third-order valence-corrected chi connectivity index (χ3v) is 3.31. The van der Waals surface area contributed by atoms with Gasteiger partial charge in [-0.05, 0) is 12.5 Å². The van der Waals surface area contributed by atoms with Gasteiger partial charge in [0.2, 0.25) is 0 Å². The Labute approximate surface area is 143 Å². The Hall–Kier alpha value is -3.55. The second kappa shape index (κ2) is 8.34. The molecular weight excluding hydrogens is 324 g/mol. The second-order valence-electron chi connectivity index (χ2n) is 5.16. The molecule has 8 nitrogen and oxygen atoms in total. The van der Waals surface area contributed by atoms with E-state index < -0.39 is 16.7 Å². The van der Waals surface area contributed by atoms with Crippen molar-refractivity contribution in [2.45, 2.75) is 13.0 Å². The van der Waals surface area contributed by atoms with E-state index in [-0.39, 0.29) is 11.7 Å². The molecule has 0 aromatic heterocycles. The van der Waals surface area contributed by atoms with Crippen LogP contribution in [0.4, 0.5) is 5.69 Å². The van der Waals surface area contributed by atoms with Crippen LogP contribution in [0.2, 0.25) is 0 Å². The summed E-state index contributed by atoms with van der Waals surface area (Å²) >= 11 is 0. The molecule has 2 amide bonds. The van der Waals surface area contributed by atoms with Crippen LogP contribution in [0.25, 0.3) is 0 Å². The molecule has 128 valence electrons. The standard InChI is InChI=1S/C17H16N4O4/c1-12(14-7-3-2-4-8-14)19-16(22)17(23)20-18-11-13-6-5-9-15(10-13)21(24)25/h2-12H,1H3,(H,19,22)(H,20,23)/b18-11+/t12-/m1/s1. The van der Waals surface area contributed by atoms with Gasteiger partial charge in [-0.15, -0.1) is 0 Å². The summed E-state index contributed by atoms with van der Waals surface area (Å²) in [5.41, 5.74) is 3.28. The van der Waals surface area contributed by atoms with Crippen LogP contribution in [0, 0.1) is 10.1 Å². The van der Waals surface area contributed by atoms with E-state index in [4.69, 9.17) is 0 Å². The van der Waals surface area contributed by atoms with E-state index in [9.17, 15) is 19.7 Å². The van der Waals surface area contributed by atoms with E-state index >= 15 is 0 Å². The van der Waals surface area contributed by atoms with Crippen LogP contribution in [-0.2, 0) is 9.59 Å². The molecule has 0 fully saturated rings. The molecule has 0 aliphatic carbocycles. The largest absolute Gasteiger partial charge is 0.341 e. The highest BCUT2D eigenvalue weighted by Crippen LogP contribution is 2.12. The van der Waals surface area contributed by atoms with Gasteiger partial charge in [0, 0.05) is 17.7 Å². The van der Waals surface area contributed by atoms with E-state index in [2.05, 4.69) is 15.8 Å². The van der Waals surface area contributed by atoms with Crippen molar-refractivity contribution >= 4 is 23.7 Å². The summed E-state index contributed by atoms with van der Waals surface area (Å²) in [5.74, 6) is -1.75. The van der Waals surface area contributed by atoms with Crippen LogP contribution in [0.15, 0.2) is 59.7 Å². The molecule has 0 heterocycles. The van der Waals surface area contributed by atoms with Crippen molar-refractivity contribution in [2.24, 2.45) is 5.10 Å². The smallest absolute Gasteiger partial charge is 0.329 e. The minimum atomic E-state index is -0.926. The highest BCUT2D eigenvalue weighted by atomic mass is 16.6. The van der Waals surface area contributed by atoms with Gasteiger partial charge in [-0.1, -0.05) is 42.5 Å². The van der Waals surface area contributed by atoms with Crippen molar-refractivity contribution in [1.82, 2.24) is 10.7 Å². The molecule has 2 aromatic rings. The normalized spacial score (nSPS) is 11.7. The number of amides is 2. The van der Waals surface area contributed by atoms with E-state index in [0.29, 0.717) is 5.56 Å². The monoisotopic (exact) mass is 340 g/mol. The molecule has 0 spiro atoms. The zero-order chi connectivity index (χ0) is 18.2. The van der Waals surface area contributed by atoms with Crippen molar-refractivity contribution in [3.8, 4) is 0 Å². The van der Waals surface area contributed by atoms with Gasteiger partial charge in [0.15, 0.2) is 0 Å². The minimum absolute atomic E-state index is 0.0929. The molecule has 25 heavy (non-hydrogen) atoms. The van der Waals surface area contributed by atoms with Crippen LogP contribution < -0.4 is 10.7 Å². The Morgan fingerprint density at radius 3 is 2.52 bits per heavy atom. The van der Waals surface area contributed by atoms with Gasteiger partial charge >= 0.3 is 11.8 Å². The van der Waals surface area contributed by atoms with Crippen molar-refractivity contribution in [1.29, 1.82) is 0 Å². The number of nitro groups is 1. The first-order valence-corrected chi connectivity index (χ1v) is 7.40. The highest BCUT2D eigenvalue weighted by Gasteiger charge is 2.16. The molecule has 0 aliphatic heterocycles. The molecule has 0 radical (unpaired) electrons. The maximum absolute atomic E-state index is 11.8. The van der Waals surface area contributed by atoms with Gasteiger partial charge in [0.05, 0.1) is 17.2 Å². The fraction of sp³-hybridized carbons (Fsp3) is 0.118. The predicted molar refractivity (Wildman–Crippen MR) is 91.8 cm³/mol. The van der Waals surface area contributed by atoms with Crippen LogP contribution >= 0.6 is 0 Å². The number of hydrogen-bond acceptors (Lipinski definition) is 5. The fourth-order valence-corrected chi connectivity index (χ4v) is 2.02. The van der Waals surface area contributed by atoms with Crippen molar-refractivity contribution in [2.75, 3.05) is 0 Å². The Balaban J connectivity index is 1.90. The number of carbonyl (C=O) groups excluding carboxylic acids is 2. The predicted octanol–water partition coefficient (Wildman–Crippen LogP) is 1.92. The van der Waals surface area contributed by atoms with Gasteiger partial charge in [-0.3, -0.25) is 19.7 Å². The Morgan fingerprint density at radius 1 is 1.12 bits per heavy atom. The van der Waals surface area contributed by atoms with Crippen molar-refractivity contribution in [3.05, 3.63) is 75.8 Å². The van der Waals surface area contributed by atoms with Crippen LogP contribution in [0.1, 0.15) is 24.1 Å². The highest BCUT2D eigenvalue weighted by molar-refractivity contribution is 6.35. The second-order valence-corrected chi connectivity index (χ2v) is 5.16. The SMILES string of the molecule is C[C@@H](NC(=O)C(=O)N/N=C/c1cccc([N+](=O)[O-])c1)c1ccccc1. The van der Waals surface area contributed by atoms with E-state index in [0.717, 1.165) is 5.56 Å². The van der Waals surface area contributed by atoms with Gasteiger partial charge in [0.1, 0.15) is 0 Å². The summed E-state index contributed by atoms with van der Waals surface area (Å²) < 4.78 is 0. The first kappa shape index (κ1) is 17.8. The lowest BCUT2D eigenvalue weighted by atomic mass is 10.1. The Morgan fingerprint density at radius 2 is 1.84 bits per heavy atom. The molecule has 2 rings (SSSR count). The number of nitrogens with one attached hydrogen (secondary N) is 2. The van der Waals surface area contributed by atoms with Crippen molar-refractivity contribution < 1.29 is 14.5 Å². The summed E-state index contributed by atoms with van der Waals surface area (Å²) in [7, 11) is 0. The molecule has 1 atom stereocenters. The molecule has 0 saturated heterocycles. The average Bonchev–Trinajstić information content (AvgIpc) is 2.62. The Bertz CT molecular complexity index is 805. The van der Waals surface area contributed by atoms with Gasteiger partial charge < -0.3 is 5.32 Å². The lowest BCUT2D eigenvalue weighted by Gasteiger charge is -2.13. The lowest BCUT2D eigenvalue weighted by Crippen LogP contribution is -2.39. The maximum Gasteiger partial charge on any atom is 0.329 e. The number of nitrogens with zero attached hydrogens (tertiary/aromatic N) is 2. The molecule has 8 heteroatoms. The van der Waals surface area contributed by atoms with Crippen LogP contribution in [-0.4, -0.2) is 23.0 Å². The third kappa shape index (κ3) is 5.24. The summed E-state index contributed by atoms with van der Waals surface area (Å²) in [6.07, 6.45) is 1.22. The lowest BCUT2D eigenvalue weighted by molar-refractivity contribution is -0.384. The van der Waals surface area contributed by atoms with Crippen molar-refractivity contribution in [3.63, 3.8) is 0 Å². The quantitative estimate of drug-likeness (QED) is 0.374. The Kier molecular flexibility index (Phi) is 5.94. The first-order chi connectivity index (χ1) is 12.0. The number of non-ortho nitro benzene ring substituents is 1. The number of hydrazone groups is 1. The number of benzene rings is 2. The summed E-state index contributed by atoms with van der Waals surface area (Å²) in [5, 5.41) is 16.9. The molecular formula is C17H16N4O4. The van der Waals surface area contributed by atoms with E-state index in [1.165, 1.54) is 24.4 Å². The fourth-order valence-electron chi connectivity index (χ4n) is 2.02. The summed E-state index contributed by atoms with van der Waals surface area (Å²) in [4.78, 5) is 33.7. The molecule has 0 unspecified atom stereocenters. The van der Waals surface area contributed by atoms with E-state index in [1.54, 1.807) is 13.0 Å². The number of nitro benzene ring substituents is 1. The summed E-state index contributed by atoms with van der Waals surface area (Å²) in [6, 6.07) is 14.6. The average molecular weight is 340 g/mol. The number of carbonyl (C=O) groups is 2. The molecule has 2 aromatic carbocycles. The van der Waals surface area contributed by atoms with Crippen LogP contribution in [0.5, 0.6) is 0 Å². The molecule has 0 aliphatic rings. The third-order valence-electron chi connectivity index (χ3n) is 3.31. The van der Waals surface area contributed by atoms with Gasteiger partial charge in [-0.2, -0.15) is 5.10 Å². The molecule has 0 saturated carbocycles. The number of rotatable bonds is 5.